The first-order valence-corrected chi connectivity index (χ1v) is 7.61. The zero-order chi connectivity index (χ0) is 13.8. The molecule has 0 spiro atoms. The Morgan fingerprint density at radius 3 is 2.22 bits per heavy atom. The van der Waals surface area contributed by atoms with Crippen LogP contribution in [0.25, 0.3) is 0 Å². The van der Waals surface area contributed by atoms with Crippen LogP contribution in [0, 0.1) is 11.8 Å². The molecule has 1 rings (SSSR count). The standard InChI is InChI=1S/C13H18O4S/c1-10(2)12(13(14)15)9-18(16,17)8-11-6-4-3-5-7-11/h3-7,10,12H,8-9H2,1-2H3,(H,14,15). The molecule has 0 fully saturated rings. The van der Waals surface area contributed by atoms with Gasteiger partial charge in [-0.05, 0) is 11.5 Å². The van der Waals surface area contributed by atoms with Crippen molar-refractivity contribution in [3.05, 3.63) is 35.9 Å². The first kappa shape index (κ1) is 14.7. The summed E-state index contributed by atoms with van der Waals surface area (Å²) in [5.74, 6) is -2.52. The molecule has 1 aromatic carbocycles. The summed E-state index contributed by atoms with van der Waals surface area (Å²) in [7, 11) is -3.40. The Labute approximate surface area is 108 Å². The molecule has 1 atom stereocenters. The molecule has 1 aromatic rings. The highest BCUT2D eigenvalue weighted by Crippen LogP contribution is 2.16. The number of carboxylic acids is 1. The van der Waals surface area contributed by atoms with E-state index in [0.717, 1.165) is 0 Å². The molecular weight excluding hydrogens is 252 g/mol. The summed E-state index contributed by atoms with van der Waals surface area (Å²) in [6.07, 6.45) is 0. The lowest BCUT2D eigenvalue weighted by atomic mass is 9.98. The largest absolute Gasteiger partial charge is 0.481 e. The maximum Gasteiger partial charge on any atom is 0.307 e. The fraction of sp³-hybridized carbons (Fsp3) is 0.462. The van der Waals surface area contributed by atoms with Crippen LogP contribution in [0.15, 0.2) is 30.3 Å². The quantitative estimate of drug-likeness (QED) is 0.857. The molecule has 0 heterocycles. The molecule has 0 bridgehead atoms. The highest BCUT2D eigenvalue weighted by Gasteiger charge is 2.28. The van der Waals surface area contributed by atoms with Gasteiger partial charge in [0.2, 0.25) is 0 Å². The van der Waals surface area contributed by atoms with E-state index in [2.05, 4.69) is 0 Å². The minimum absolute atomic E-state index is 0.107. The van der Waals surface area contributed by atoms with Gasteiger partial charge in [0, 0.05) is 0 Å². The van der Waals surface area contributed by atoms with Crippen LogP contribution in [0.2, 0.25) is 0 Å². The van der Waals surface area contributed by atoms with Crippen LogP contribution in [0.1, 0.15) is 19.4 Å². The fourth-order valence-electron chi connectivity index (χ4n) is 1.71. The van der Waals surface area contributed by atoms with Gasteiger partial charge in [-0.2, -0.15) is 0 Å². The van der Waals surface area contributed by atoms with Crippen LogP contribution in [-0.4, -0.2) is 25.2 Å². The Balaban J connectivity index is 2.79. The van der Waals surface area contributed by atoms with E-state index in [9.17, 15) is 13.2 Å². The van der Waals surface area contributed by atoms with E-state index in [1.807, 2.05) is 6.07 Å². The lowest BCUT2D eigenvalue weighted by Crippen LogP contribution is -2.28. The minimum atomic E-state index is -3.40. The molecule has 4 nitrogen and oxygen atoms in total. The molecule has 0 radical (unpaired) electrons. The van der Waals surface area contributed by atoms with Gasteiger partial charge in [-0.3, -0.25) is 4.79 Å². The van der Waals surface area contributed by atoms with Gasteiger partial charge >= 0.3 is 5.97 Å². The van der Waals surface area contributed by atoms with Crippen molar-refractivity contribution in [1.29, 1.82) is 0 Å². The van der Waals surface area contributed by atoms with Gasteiger partial charge in [0.1, 0.15) is 0 Å². The van der Waals surface area contributed by atoms with E-state index >= 15 is 0 Å². The van der Waals surface area contributed by atoms with Gasteiger partial charge in [-0.1, -0.05) is 44.2 Å². The van der Waals surface area contributed by atoms with Crippen molar-refractivity contribution in [1.82, 2.24) is 0 Å². The van der Waals surface area contributed by atoms with Crippen molar-refractivity contribution < 1.29 is 18.3 Å². The van der Waals surface area contributed by atoms with Crippen LogP contribution in [0.3, 0.4) is 0 Å². The molecule has 1 N–H and O–H groups in total. The number of aliphatic carboxylic acids is 1. The second-order valence-electron chi connectivity index (χ2n) is 4.73. The predicted octanol–water partition coefficient (Wildman–Crippen LogP) is 1.96. The third-order valence-corrected chi connectivity index (χ3v) is 4.42. The van der Waals surface area contributed by atoms with E-state index in [1.165, 1.54) is 0 Å². The molecule has 0 aliphatic rings. The SMILES string of the molecule is CC(C)C(CS(=O)(=O)Cc1ccccc1)C(=O)O. The number of sulfone groups is 1. The zero-order valence-electron chi connectivity index (χ0n) is 10.5. The Morgan fingerprint density at radius 2 is 1.78 bits per heavy atom. The highest BCUT2D eigenvalue weighted by molar-refractivity contribution is 7.90. The van der Waals surface area contributed by atoms with Gasteiger partial charge in [0.25, 0.3) is 0 Å². The smallest absolute Gasteiger partial charge is 0.307 e. The van der Waals surface area contributed by atoms with Crippen molar-refractivity contribution in [2.24, 2.45) is 11.8 Å². The Morgan fingerprint density at radius 1 is 1.22 bits per heavy atom. The average molecular weight is 270 g/mol. The summed E-state index contributed by atoms with van der Waals surface area (Å²) in [4.78, 5) is 11.0. The van der Waals surface area contributed by atoms with Crippen molar-refractivity contribution in [3.8, 4) is 0 Å². The summed E-state index contributed by atoms with van der Waals surface area (Å²) in [6.45, 7) is 3.44. The maximum absolute atomic E-state index is 12.0. The number of carbonyl (C=O) groups is 1. The monoisotopic (exact) mass is 270 g/mol. The first-order chi connectivity index (χ1) is 8.32. The number of rotatable bonds is 6. The molecule has 0 saturated heterocycles. The second kappa shape index (κ2) is 6.00. The Kier molecular flexibility index (Phi) is 4.90. The van der Waals surface area contributed by atoms with Crippen molar-refractivity contribution in [3.63, 3.8) is 0 Å². The number of carboxylic acid groups (broad SMARTS) is 1. The van der Waals surface area contributed by atoms with E-state index in [-0.39, 0.29) is 17.4 Å². The van der Waals surface area contributed by atoms with E-state index in [4.69, 9.17) is 5.11 Å². The summed E-state index contributed by atoms with van der Waals surface area (Å²) >= 11 is 0. The van der Waals surface area contributed by atoms with E-state index in [1.54, 1.807) is 38.1 Å². The maximum atomic E-state index is 12.0. The van der Waals surface area contributed by atoms with Gasteiger partial charge in [0.15, 0.2) is 9.84 Å². The summed E-state index contributed by atoms with van der Waals surface area (Å²) in [5.41, 5.74) is 0.686. The van der Waals surface area contributed by atoms with Crippen LogP contribution < -0.4 is 0 Å². The second-order valence-corrected chi connectivity index (χ2v) is 6.84. The fourth-order valence-corrected chi connectivity index (χ4v) is 3.60. The summed E-state index contributed by atoms with van der Waals surface area (Å²) < 4.78 is 23.9. The Hall–Kier alpha value is -1.36. The lowest BCUT2D eigenvalue weighted by Gasteiger charge is -2.16. The lowest BCUT2D eigenvalue weighted by molar-refractivity contribution is -0.142. The molecule has 18 heavy (non-hydrogen) atoms. The topological polar surface area (TPSA) is 71.4 Å². The van der Waals surface area contributed by atoms with Crippen molar-refractivity contribution in [2.45, 2.75) is 19.6 Å². The summed E-state index contributed by atoms with van der Waals surface area (Å²) in [6, 6.07) is 8.79. The molecule has 0 amide bonds. The normalized spacial score (nSPS) is 13.5. The molecule has 0 aliphatic heterocycles. The number of hydrogen-bond acceptors (Lipinski definition) is 3. The molecule has 100 valence electrons. The molecule has 5 heteroatoms. The molecule has 1 unspecified atom stereocenters. The number of hydrogen-bond donors (Lipinski definition) is 1. The van der Waals surface area contributed by atoms with Crippen LogP contribution in [0.4, 0.5) is 0 Å². The first-order valence-electron chi connectivity index (χ1n) is 5.79. The number of benzene rings is 1. The molecule has 0 saturated carbocycles. The van der Waals surface area contributed by atoms with Crippen LogP contribution >= 0.6 is 0 Å². The highest BCUT2D eigenvalue weighted by atomic mass is 32.2. The summed E-state index contributed by atoms with van der Waals surface area (Å²) in [5, 5.41) is 9.01. The molecular formula is C13H18O4S. The third-order valence-electron chi connectivity index (χ3n) is 2.78. The van der Waals surface area contributed by atoms with E-state index < -0.39 is 21.7 Å². The Bertz CT molecular complexity index is 491. The average Bonchev–Trinajstić information content (AvgIpc) is 2.26. The van der Waals surface area contributed by atoms with Crippen LogP contribution in [-0.2, 0) is 20.4 Å². The molecule has 0 aromatic heterocycles. The van der Waals surface area contributed by atoms with Crippen LogP contribution in [0.5, 0.6) is 0 Å². The molecule has 0 aliphatic carbocycles. The third kappa shape index (κ3) is 4.49. The van der Waals surface area contributed by atoms with Crippen molar-refractivity contribution >= 4 is 15.8 Å². The van der Waals surface area contributed by atoms with Gasteiger partial charge < -0.3 is 5.11 Å². The predicted molar refractivity (Wildman–Crippen MR) is 69.9 cm³/mol. The zero-order valence-corrected chi connectivity index (χ0v) is 11.4. The minimum Gasteiger partial charge on any atom is -0.481 e. The van der Waals surface area contributed by atoms with Gasteiger partial charge in [0.05, 0.1) is 17.4 Å². The van der Waals surface area contributed by atoms with Gasteiger partial charge in [-0.15, -0.1) is 0 Å². The van der Waals surface area contributed by atoms with E-state index in [0.29, 0.717) is 5.56 Å². The van der Waals surface area contributed by atoms with Gasteiger partial charge in [-0.25, -0.2) is 8.42 Å². The van der Waals surface area contributed by atoms with Crippen molar-refractivity contribution in [2.75, 3.05) is 5.75 Å².